The third-order valence-corrected chi connectivity index (χ3v) is 5.68. The molecule has 2 amide bonds. The molecular weight excluding hydrogens is 324 g/mol. The quantitative estimate of drug-likeness (QED) is 0.788. The second-order valence-corrected chi connectivity index (χ2v) is 7.85. The highest BCUT2D eigenvalue weighted by Gasteiger charge is 2.23. The Balaban J connectivity index is 1.42. The van der Waals surface area contributed by atoms with Crippen LogP contribution in [0.2, 0.25) is 0 Å². The molecule has 2 N–H and O–H groups in total. The Hall–Kier alpha value is -1.59. The average Bonchev–Trinajstić information content (AvgIpc) is 3.17. The summed E-state index contributed by atoms with van der Waals surface area (Å²) in [6, 6.07) is 10.8. The molecule has 3 rings (SSSR count). The van der Waals surface area contributed by atoms with Gasteiger partial charge < -0.3 is 15.5 Å². The molecule has 0 bridgehead atoms. The van der Waals surface area contributed by atoms with Gasteiger partial charge in [0.05, 0.1) is 6.04 Å². The lowest BCUT2D eigenvalue weighted by Gasteiger charge is -2.31. The lowest BCUT2D eigenvalue weighted by Crippen LogP contribution is -2.45. The first-order valence-electron chi connectivity index (χ1n) is 10.3. The van der Waals surface area contributed by atoms with Gasteiger partial charge in [-0.15, -0.1) is 0 Å². The molecule has 144 valence electrons. The van der Waals surface area contributed by atoms with Gasteiger partial charge in [0, 0.05) is 26.2 Å². The number of hydrogen-bond acceptors (Lipinski definition) is 3. The second kappa shape index (κ2) is 9.93. The van der Waals surface area contributed by atoms with E-state index in [1.165, 1.54) is 37.8 Å². The van der Waals surface area contributed by atoms with Gasteiger partial charge in [-0.3, -0.25) is 4.90 Å². The fraction of sp³-hybridized carbons (Fsp3) is 0.667. The number of urea groups is 1. The molecule has 5 heteroatoms. The molecule has 2 heterocycles. The Kier molecular flexibility index (Phi) is 7.32. The number of likely N-dealkylation sites (tertiary alicyclic amines) is 2. The normalized spacial score (nSPS) is 22.9. The topological polar surface area (TPSA) is 47.6 Å². The zero-order chi connectivity index (χ0) is 18.2. The lowest BCUT2D eigenvalue weighted by molar-refractivity contribution is 0.183. The number of piperidine rings is 1. The smallest absolute Gasteiger partial charge is 0.314 e. The van der Waals surface area contributed by atoms with Crippen LogP contribution in [-0.4, -0.2) is 61.6 Å². The second-order valence-electron chi connectivity index (χ2n) is 7.85. The highest BCUT2D eigenvalue weighted by molar-refractivity contribution is 5.73. The van der Waals surface area contributed by atoms with Crippen molar-refractivity contribution in [2.75, 3.05) is 45.8 Å². The van der Waals surface area contributed by atoms with Gasteiger partial charge in [-0.05, 0) is 56.8 Å². The van der Waals surface area contributed by atoms with Crippen molar-refractivity contribution < 1.29 is 4.79 Å². The molecule has 5 nitrogen and oxygen atoms in total. The molecule has 2 saturated heterocycles. The van der Waals surface area contributed by atoms with Crippen molar-refractivity contribution in [1.82, 2.24) is 20.4 Å². The van der Waals surface area contributed by atoms with E-state index in [0.29, 0.717) is 6.54 Å². The van der Waals surface area contributed by atoms with E-state index in [1.54, 1.807) is 0 Å². The van der Waals surface area contributed by atoms with Crippen LogP contribution in [0.15, 0.2) is 30.3 Å². The van der Waals surface area contributed by atoms with E-state index in [0.717, 1.165) is 38.6 Å². The summed E-state index contributed by atoms with van der Waals surface area (Å²) in [6.07, 6.45) is 5.12. The highest BCUT2D eigenvalue weighted by Crippen LogP contribution is 2.24. The van der Waals surface area contributed by atoms with Crippen molar-refractivity contribution in [3.63, 3.8) is 0 Å². The van der Waals surface area contributed by atoms with Gasteiger partial charge in [-0.25, -0.2) is 4.79 Å². The summed E-state index contributed by atoms with van der Waals surface area (Å²) in [4.78, 5) is 17.2. The lowest BCUT2D eigenvalue weighted by atomic mass is 10.0. The molecule has 0 radical (unpaired) electrons. The fourth-order valence-corrected chi connectivity index (χ4v) is 4.26. The predicted molar refractivity (Wildman–Crippen MR) is 106 cm³/mol. The van der Waals surface area contributed by atoms with Crippen molar-refractivity contribution in [3.8, 4) is 0 Å². The number of hydrogen-bond donors (Lipinski definition) is 2. The predicted octanol–water partition coefficient (Wildman–Crippen LogP) is 2.85. The average molecular weight is 359 g/mol. The van der Waals surface area contributed by atoms with Crippen LogP contribution in [-0.2, 0) is 0 Å². The van der Waals surface area contributed by atoms with Gasteiger partial charge in [-0.1, -0.05) is 37.3 Å². The summed E-state index contributed by atoms with van der Waals surface area (Å²) < 4.78 is 0. The van der Waals surface area contributed by atoms with Gasteiger partial charge in [0.1, 0.15) is 0 Å². The van der Waals surface area contributed by atoms with Crippen LogP contribution >= 0.6 is 0 Å². The molecule has 0 aliphatic carbocycles. The number of carbonyl (C=O) groups is 1. The maximum absolute atomic E-state index is 12.2. The van der Waals surface area contributed by atoms with E-state index < -0.39 is 0 Å². The Morgan fingerprint density at radius 1 is 1.12 bits per heavy atom. The van der Waals surface area contributed by atoms with Gasteiger partial charge in [0.2, 0.25) is 0 Å². The van der Waals surface area contributed by atoms with E-state index in [2.05, 4.69) is 51.6 Å². The molecule has 0 saturated carbocycles. The summed E-state index contributed by atoms with van der Waals surface area (Å²) in [6.45, 7) is 9.22. The Morgan fingerprint density at radius 3 is 2.62 bits per heavy atom. The summed E-state index contributed by atoms with van der Waals surface area (Å²) >= 11 is 0. The summed E-state index contributed by atoms with van der Waals surface area (Å²) in [5, 5.41) is 6.13. The van der Waals surface area contributed by atoms with Crippen LogP contribution in [0, 0.1) is 5.92 Å². The molecular formula is C21H34N4O. The van der Waals surface area contributed by atoms with E-state index in [1.807, 2.05) is 6.07 Å². The minimum atomic E-state index is -0.0461. The van der Waals surface area contributed by atoms with Gasteiger partial charge >= 0.3 is 6.03 Å². The minimum Gasteiger partial charge on any atom is -0.337 e. The first-order chi connectivity index (χ1) is 12.7. The Bertz CT molecular complexity index is 544. The SMILES string of the molecule is CC1CCCN(CCNC(=O)NCC(c2ccccc2)N2CCCC2)C1. The van der Waals surface area contributed by atoms with Gasteiger partial charge in [0.25, 0.3) is 0 Å². The molecule has 2 aliphatic heterocycles. The highest BCUT2D eigenvalue weighted by atomic mass is 16.2. The molecule has 1 aromatic carbocycles. The zero-order valence-corrected chi connectivity index (χ0v) is 16.1. The van der Waals surface area contributed by atoms with Crippen molar-refractivity contribution in [2.45, 2.75) is 38.6 Å². The largest absolute Gasteiger partial charge is 0.337 e. The molecule has 0 aromatic heterocycles. The monoisotopic (exact) mass is 358 g/mol. The van der Waals surface area contributed by atoms with Crippen LogP contribution < -0.4 is 10.6 Å². The summed E-state index contributed by atoms with van der Waals surface area (Å²) in [5.74, 6) is 0.782. The molecule has 2 aliphatic rings. The van der Waals surface area contributed by atoms with Crippen LogP contribution in [0.5, 0.6) is 0 Å². The minimum absolute atomic E-state index is 0.0461. The first-order valence-corrected chi connectivity index (χ1v) is 10.3. The van der Waals surface area contributed by atoms with Crippen molar-refractivity contribution in [3.05, 3.63) is 35.9 Å². The number of carbonyl (C=O) groups excluding carboxylic acids is 1. The van der Waals surface area contributed by atoms with Gasteiger partial charge in [-0.2, -0.15) is 0 Å². The maximum Gasteiger partial charge on any atom is 0.314 e. The van der Waals surface area contributed by atoms with Crippen molar-refractivity contribution in [2.24, 2.45) is 5.92 Å². The number of rotatable bonds is 7. The Labute approximate surface area is 158 Å². The van der Waals surface area contributed by atoms with Crippen LogP contribution in [0.3, 0.4) is 0 Å². The number of benzene rings is 1. The first kappa shape index (κ1) is 19.2. The number of nitrogens with zero attached hydrogens (tertiary/aromatic N) is 2. The molecule has 2 atom stereocenters. The van der Waals surface area contributed by atoms with E-state index in [9.17, 15) is 4.79 Å². The van der Waals surface area contributed by atoms with Crippen LogP contribution in [0.4, 0.5) is 4.79 Å². The number of nitrogens with one attached hydrogen (secondary N) is 2. The maximum atomic E-state index is 12.2. The van der Waals surface area contributed by atoms with Crippen molar-refractivity contribution in [1.29, 1.82) is 0 Å². The molecule has 2 unspecified atom stereocenters. The molecule has 2 fully saturated rings. The summed E-state index contributed by atoms with van der Waals surface area (Å²) in [7, 11) is 0. The third-order valence-electron chi connectivity index (χ3n) is 5.68. The number of amides is 2. The van der Waals surface area contributed by atoms with Crippen LogP contribution in [0.25, 0.3) is 0 Å². The van der Waals surface area contributed by atoms with Crippen molar-refractivity contribution >= 4 is 6.03 Å². The third kappa shape index (κ3) is 5.71. The fourth-order valence-electron chi connectivity index (χ4n) is 4.26. The van der Waals surface area contributed by atoms with E-state index in [-0.39, 0.29) is 12.1 Å². The standard InChI is InChI=1S/C21H34N4O/c1-18-8-7-12-24(17-18)15-11-22-21(26)23-16-20(25-13-5-6-14-25)19-9-3-2-4-10-19/h2-4,9-10,18,20H,5-8,11-17H2,1H3,(H2,22,23,26). The Morgan fingerprint density at radius 2 is 1.88 bits per heavy atom. The summed E-state index contributed by atoms with van der Waals surface area (Å²) in [5.41, 5.74) is 1.29. The molecule has 0 spiro atoms. The van der Waals surface area contributed by atoms with E-state index in [4.69, 9.17) is 0 Å². The van der Waals surface area contributed by atoms with Crippen LogP contribution in [0.1, 0.15) is 44.2 Å². The zero-order valence-electron chi connectivity index (χ0n) is 16.1. The van der Waals surface area contributed by atoms with Gasteiger partial charge in [0.15, 0.2) is 0 Å². The molecule has 26 heavy (non-hydrogen) atoms. The van der Waals surface area contributed by atoms with E-state index >= 15 is 0 Å². The molecule has 1 aromatic rings.